The number of aromatic carboxylic acids is 1. The van der Waals surface area contributed by atoms with Crippen molar-refractivity contribution in [2.75, 3.05) is 5.32 Å². The number of nitriles is 1. The van der Waals surface area contributed by atoms with Gasteiger partial charge in [-0.3, -0.25) is 4.79 Å². The van der Waals surface area contributed by atoms with Crippen LogP contribution in [0.3, 0.4) is 0 Å². The van der Waals surface area contributed by atoms with Crippen LogP contribution in [-0.4, -0.2) is 26.8 Å². The second kappa shape index (κ2) is 6.07. The van der Waals surface area contributed by atoms with E-state index in [-0.39, 0.29) is 17.8 Å². The first-order chi connectivity index (χ1) is 10.0. The summed E-state index contributed by atoms with van der Waals surface area (Å²) in [6, 6.07) is 8.17. The normalized spacial score (nSPS) is 9.90. The highest BCUT2D eigenvalue weighted by molar-refractivity contribution is 6.30. The van der Waals surface area contributed by atoms with Crippen LogP contribution < -0.4 is 5.32 Å². The summed E-state index contributed by atoms with van der Waals surface area (Å²) in [4.78, 5) is 22.9. The zero-order valence-corrected chi connectivity index (χ0v) is 11.3. The third kappa shape index (κ3) is 3.38. The van der Waals surface area contributed by atoms with Crippen molar-refractivity contribution < 1.29 is 14.7 Å². The number of halogens is 1. The van der Waals surface area contributed by atoms with Crippen LogP contribution in [0.15, 0.2) is 30.5 Å². The van der Waals surface area contributed by atoms with Gasteiger partial charge < -0.3 is 10.4 Å². The number of aromatic nitrogens is 2. The zero-order valence-electron chi connectivity index (χ0n) is 10.6. The highest BCUT2D eigenvalue weighted by atomic mass is 35.5. The Kier molecular flexibility index (Phi) is 4.21. The predicted molar refractivity (Wildman–Crippen MR) is 74.0 cm³/mol. The lowest BCUT2D eigenvalue weighted by atomic mass is 10.2. The van der Waals surface area contributed by atoms with Gasteiger partial charge in [-0.05, 0) is 24.3 Å². The lowest BCUT2D eigenvalue weighted by Gasteiger charge is -2.07. The minimum absolute atomic E-state index is 0.0956. The summed E-state index contributed by atoms with van der Waals surface area (Å²) in [7, 11) is 0. The summed E-state index contributed by atoms with van der Waals surface area (Å²) < 4.78 is 0.964. The summed E-state index contributed by atoms with van der Waals surface area (Å²) in [6.45, 7) is -0.314. The van der Waals surface area contributed by atoms with Gasteiger partial charge >= 0.3 is 5.97 Å². The third-order valence-electron chi connectivity index (χ3n) is 2.58. The molecule has 0 atom stereocenters. The van der Waals surface area contributed by atoms with Crippen LogP contribution >= 0.6 is 11.6 Å². The van der Waals surface area contributed by atoms with Crippen molar-refractivity contribution in [2.45, 2.75) is 6.54 Å². The molecule has 1 aromatic heterocycles. The van der Waals surface area contributed by atoms with Gasteiger partial charge in [-0.2, -0.15) is 10.4 Å². The fourth-order valence-corrected chi connectivity index (χ4v) is 1.81. The van der Waals surface area contributed by atoms with E-state index in [0.717, 1.165) is 10.9 Å². The molecule has 0 aliphatic rings. The molecule has 2 N–H and O–H groups in total. The number of carboxylic acid groups (broad SMARTS) is 1. The molecule has 1 heterocycles. The van der Waals surface area contributed by atoms with Crippen LogP contribution in [0.1, 0.15) is 16.1 Å². The van der Waals surface area contributed by atoms with Gasteiger partial charge in [0.15, 0.2) is 5.69 Å². The molecule has 0 spiro atoms. The van der Waals surface area contributed by atoms with Crippen LogP contribution in [0.4, 0.5) is 5.69 Å². The van der Waals surface area contributed by atoms with Crippen LogP contribution in [0.25, 0.3) is 0 Å². The number of rotatable bonds is 4. The summed E-state index contributed by atoms with van der Waals surface area (Å²) in [5.74, 6) is -1.78. The number of nitrogens with one attached hydrogen (secondary N) is 1. The molecular weight excluding hydrogens is 296 g/mol. The monoisotopic (exact) mass is 304 g/mol. The van der Waals surface area contributed by atoms with E-state index in [4.69, 9.17) is 22.0 Å². The van der Waals surface area contributed by atoms with Gasteiger partial charge in [0.25, 0.3) is 0 Å². The van der Waals surface area contributed by atoms with E-state index >= 15 is 0 Å². The topological polar surface area (TPSA) is 108 Å². The van der Waals surface area contributed by atoms with Crippen LogP contribution in [0.5, 0.6) is 0 Å². The number of benzene rings is 1. The van der Waals surface area contributed by atoms with E-state index in [2.05, 4.69) is 10.4 Å². The molecule has 1 aromatic carbocycles. The van der Waals surface area contributed by atoms with Gasteiger partial charge in [-0.25, -0.2) is 9.48 Å². The number of carboxylic acids is 1. The molecule has 0 saturated carbocycles. The summed E-state index contributed by atoms with van der Waals surface area (Å²) in [6.07, 6.45) is 1.11. The molecule has 0 radical (unpaired) electrons. The number of hydrogen-bond acceptors (Lipinski definition) is 4. The average molecular weight is 305 g/mol. The Balaban J connectivity index is 2.13. The van der Waals surface area contributed by atoms with Gasteiger partial charge in [0.05, 0.1) is 6.20 Å². The maximum Gasteiger partial charge on any atom is 0.355 e. The second-order valence-electron chi connectivity index (χ2n) is 4.04. The minimum atomic E-state index is -1.32. The Bertz CT molecular complexity index is 731. The van der Waals surface area contributed by atoms with Crippen molar-refractivity contribution >= 4 is 29.2 Å². The fraction of sp³-hybridized carbons (Fsp3) is 0.0769. The average Bonchev–Trinajstić information content (AvgIpc) is 2.84. The van der Waals surface area contributed by atoms with Gasteiger partial charge in [-0.15, -0.1) is 0 Å². The fourth-order valence-electron chi connectivity index (χ4n) is 1.68. The zero-order chi connectivity index (χ0) is 15.4. The lowest BCUT2D eigenvalue weighted by Crippen LogP contribution is -2.22. The first-order valence-electron chi connectivity index (χ1n) is 5.76. The molecule has 0 saturated heterocycles. The van der Waals surface area contributed by atoms with E-state index in [1.807, 2.05) is 0 Å². The molecule has 1 amide bonds. The molecule has 2 rings (SSSR count). The molecule has 0 aliphatic carbocycles. The molecule has 0 bridgehead atoms. The smallest absolute Gasteiger partial charge is 0.355 e. The number of amides is 1. The SMILES string of the molecule is N#Cc1cnn(CC(=O)Nc2ccc(Cl)cc2)c1C(=O)O. The number of anilines is 1. The largest absolute Gasteiger partial charge is 0.476 e. The van der Waals surface area contributed by atoms with E-state index < -0.39 is 11.9 Å². The van der Waals surface area contributed by atoms with Gasteiger partial charge in [-0.1, -0.05) is 11.6 Å². The molecule has 0 fully saturated rings. The number of hydrogen-bond donors (Lipinski definition) is 2. The standard InChI is InChI=1S/C13H9ClN4O3/c14-9-1-3-10(4-2-9)17-11(19)7-18-12(13(20)21)8(5-15)6-16-18/h1-4,6H,7H2,(H,17,19)(H,20,21). The van der Waals surface area contributed by atoms with Crippen LogP contribution in [-0.2, 0) is 11.3 Å². The lowest BCUT2D eigenvalue weighted by molar-refractivity contribution is -0.116. The maximum atomic E-state index is 11.9. The highest BCUT2D eigenvalue weighted by Gasteiger charge is 2.19. The molecule has 106 valence electrons. The molecule has 2 aromatic rings. The maximum absolute atomic E-state index is 11.9. The Morgan fingerprint density at radius 2 is 2.05 bits per heavy atom. The quantitative estimate of drug-likeness (QED) is 0.894. The summed E-state index contributed by atoms with van der Waals surface area (Å²) >= 11 is 5.73. The van der Waals surface area contributed by atoms with Crippen molar-refractivity contribution in [3.8, 4) is 6.07 Å². The molecule has 8 heteroatoms. The number of nitrogens with zero attached hydrogens (tertiary/aromatic N) is 3. The van der Waals surface area contributed by atoms with E-state index in [1.54, 1.807) is 30.3 Å². The Morgan fingerprint density at radius 1 is 1.38 bits per heavy atom. The first kappa shape index (κ1) is 14.6. The number of carbonyl (C=O) groups is 2. The molecule has 7 nitrogen and oxygen atoms in total. The van der Waals surface area contributed by atoms with E-state index in [1.165, 1.54) is 0 Å². The Labute approximate surface area is 124 Å². The highest BCUT2D eigenvalue weighted by Crippen LogP contribution is 2.14. The van der Waals surface area contributed by atoms with Crippen molar-refractivity contribution in [3.63, 3.8) is 0 Å². The van der Waals surface area contributed by atoms with Crippen molar-refractivity contribution in [1.29, 1.82) is 5.26 Å². The first-order valence-corrected chi connectivity index (χ1v) is 6.13. The van der Waals surface area contributed by atoms with Crippen molar-refractivity contribution in [2.24, 2.45) is 0 Å². The third-order valence-corrected chi connectivity index (χ3v) is 2.84. The minimum Gasteiger partial charge on any atom is -0.476 e. The van der Waals surface area contributed by atoms with Crippen LogP contribution in [0.2, 0.25) is 5.02 Å². The molecule has 21 heavy (non-hydrogen) atoms. The Hall–Kier alpha value is -2.85. The molecule has 0 unspecified atom stereocenters. The van der Waals surface area contributed by atoms with Crippen molar-refractivity contribution in [1.82, 2.24) is 9.78 Å². The molecule has 0 aliphatic heterocycles. The van der Waals surface area contributed by atoms with Crippen molar-refractivity contribution in [3.05, 3.63) is 46.7 Å². The number of carbonyl (C=O) groups excluding carboxylic acids is 1. The summed E-state index contributed by atoms with van der Waals surface area (Å²) in [5.41, 5.74) is 0.111. The summed E-state index contributed by atoms with van der Waals surface area (Å²) in [5, 5.41) is 24.7. The van der Waals surface area contributed by atoms with Gasteiger partial charge in [0.2, 0.25) is 5.91 Å². The van der Waals surface area contributed by atoms with E-state index in [0.29, 0.717) is 10.7 Å². The predicted octanol–water partition coefficient (Wildman–Crippen LogP) is 1.75. The molecular formula is C13H9ClN4O3. The van der Waals surface area contributed by atoms with E-state index in [9.17, 15) is 9.59 Å². The van der Waals surface area contributed by atoms with Gasteiger partial charge in [0.1, 0.15) is 18.2 Å². The van der Waals surface area contributed by atoms with Gasteiger partial charge in [0, 0.05) is 10.7 Å². The Morgan fingerprint density at radius 3 is 2.62 bits per heavy atom. The second-order valence-corrected chi connectivity index (χ2v) is 4.47. The van der Waals surface area contributed by atoms with Crippen LogP contribution in [0, 0.1) is 11.3 Å².